The van der Waals surface area contributed by atoms with Gasteiger partial charge in [-0.1, -0.05) is 12.8 Å². The Morgan fingerprint density at radius 1 is 1.45 bits per heavy atom. The second-order valence-corrected chi connectivity index (χ2v) is 3.41. The van der Waals surface area contributed by atoms with Crippen LogP contribution in [0.4, 0.5) is 0 Å². The Morgan fingerprint density at radius 3 is 2.45 bits per heavy atom. The van der Waals surface area contributed by atoms with Gasteiger partial charge in [0.1, 0.15) is 6.61 Å². The summed E-state index contributed by atoms with van der Waals surface area (Å²) in [7, 11) is 0. The first-order valence-electron chi connectivity index (χ1n) is 4.18. The average molecular weight is 155 g/mol. The third-order valence-electron chi connectivity index (χ3n) is 2.42. The second kappa shape index (κ2) is 3.24. The van der Waals surface area contributed by atoms with Crippen molar-refractivity contribution in [3.05, 3.63) is 6.61 Å². The van der Waals surface area contributed by atoms with Gasteiger partial charge in [0.15, 0.2) is 0 Å². The summed E-state index contributed by atoms with van der Waals surface area (Å²) in [5.74, 6) is -0.0579. The largest absolute Gasteiger partial charge is 0.458 e. The van der Waals surface area contributed by atoms with Crippen LogP contribution in [0.5, 0.6) is 0 Å². The van der Waals surface area contributed by atoms with E-state index in [9.17, 15) is 4.79 Å². The molecule has 0 aliphatic heterocycles. The zero-order valence-electron chi connectivity index (χ0n) is 7.22. The van der Waals surface area contributed by atoms with Gasteiger partial charge in [0.05, 0.1) is 5.41 Å². The second-order valence-electron chi connectivity index (χ2n) is 3.41. The van der Waals surface area contributed by atoms with E-state index >= 15 is 0 Å². The van der Waals surface area contributed by atoms with E-state index in [1.165, 1.54) is 6.61 Å². The highest BCUT2D eigenvalue weighted by molar-refractivity contribution is 5.76. The number of esters is 1. The van der Waals surface area contributed by atoms with Crippen LogP contribution in [0.1, 0.15) is 39.5 Å². The van der Waals surface area contributed by atoms with Gasteiger partial charge in [-0.15, -0.1) is 0 Å². The average Bonchev–Trinajstić information content (AvgIpc) is 2.38. The zero-order chi connectivity index (χ0) is 8.32. The van der Waals surface area contributed by atoms with Crippen LogP contribution in [0, 0.1) is 12.0 Å². The number of rotatable bonds is 2. The minimum atomic E-state index is -0.188. The highest BCUT2D eigenvalue weighted by Gasteiger charge is 2.37. The molecule has 1 radical (unpaired) electrons. The molecule has 0 unspecified atom stereocenters. The summed E-state index contributed by atoms with van der Waals surface area (Å²) < 4.78 is 4.86. The highest BCUT2D eigenvalue weighted by Crippen LogP contribution is 2.38. The van der Waals surface area contributed by atoms with Gasteiger partial charge in [-0.2, -0.15) is 0 Å². The Balaban J connectivity index is 2.49. The summed E-state index contributed by atoms with van der Waals surface area (Å²) in [6.07, 6.45) is 4.30. The molecule has 0 atom stereocenters. The van der Waals surface area contributed by atoms with Crippen molar-refractivity contribution in [1.29, 1.82) is 0 Å². The fraction of sp³-hybridized carbons (Fsp3) is 0.778. The lowest BCUT2D eigenvalue weighted by Gasteiger charge is -2.19. The van der Waals surface area contributed by atoms with Gasteiger partial charge >= 0.3 is 5.97 Å². The summed E-state index contributed by atoms with van der Waals surface area (Å²) in [4.78, 5) is 11.3. The quantitative estimate of drug-likeness (QED) is 0.572. The molecule has 0 spiro atoms. The normalized spacial score (nSPS) is 21.6. The van der Waals surface area contributed by atoms with Crippen molar-refractivity contribution in [3.8, 4) is 0 Å². The van der Waals surface area contributed by atoms with Crippen LogP contribution in [-0.4, -0.2) is 5.97 Å². The lowest BCUT2D eigenvalue weighted by atomic mass is 9.89. The van der Waals surface area contributed by atoms with Crippen LogP contribution in [-0.2, 0) is 9.53 Å². The Hall–Kier alpha value is -0.530. The van der Waals surface area contributed by atoms with Crippen molar-refractivity contribution >= 4 is 5.97 Å². The Morgan fingerprint density at radius 2 is 2.00 bits per heavy atom. The molecular weight excluding hydrogens is 140 g/mol. The third kappa shape index (κ3) is 1.73. The van der Waals surface area contributed by atoms with Crippen LogP contribution in [0.25, 0.3) is 0 Å². The number of hydrogen-bond donors (Lipinski definition) is 0. The minimum absolute atomic E-state index is 0.0579. The molecule has 0 saturated heterocycles. The first kappa shape index (κ1) is 8.57. The number of carbonyl (C=O) groups excluding carboxylic acids is 1. The predicted molar refractivity (Wildman–Crippen MR) is 42.6 cm³/mol. The lowest BCUT2D eigenvalue weighted by molar-refractivity contribution is -0.150. The SMILES string of the molecule is C[CH]OC(=O)C1(C)CCCC1. The van der Waals surface area contributed by atoms with Crippen molar-refractivity contribution in [3.63, 3.8) is 0 Å². The summed E-state index contributed by atoms with van der Waals surface area (Å²) in [6.45, 7) is 5.19. The van der Waals surface area contributed by atoms with E-state index in [0.29, 0.717) is 0 Å². The third-order valence-corrected chi connectivity index (χ3v) is 2.42. The smallest absolute Gasteiger partial charge is 0.312 e. The number of hydrogen-bond acceptors (Lipinski definition) is 2. The first-order chi connectivity index (χ1) is 5.19. The fourth-order valence-electron chi connectivity index (χ4n) is 1.61. The highest BCUT2D eigenvalue weighted by atomic mass is 16.5. The monoisotopic (exact) mass is 155 g/mol. The first-order valence-corrected chi connectivity index (χ1v) is 4.18. The molecule has 1 saturated carbocycles. The molecule has 1 fully saturated rings. The Labute approximate surface area is 67.9 Å². The number of ether oxygens (including phenoxy) is 1. The molecule has 11 heavy (non-hydrogen) atoms. The maximum absolute atomic E-state index is 11.3. The summed E-state index contributed by atoms with van der Waals surface area (Å²) in [6, 6.07) is 0. The van der Waals surface area contributed by atoms with Crippen molar-refractivity contribution < 1.29 is 9.53 Å². The molecule has 2 heteroatoms. The molecule has 0 bridgehead atoms. The zero-order valence-corrected chi connectivity index (χ0v) is 7.22. The van der Waals surface area contributed by atoms with E-state index in [2.05, 4.69) is 0 Å². The van der Waals surface area contributed by atoms with E-state index in [-0.39, 0.29) is 11.4 Å². The van der Waals surface area contributed by atoms with Gasteiger partial charge in [-0.05, 0) is 26.7 Å². The molecule has 0 aromatic rings. The van der Waals surface area contributed by atoms with Gasteiger partial charge in [0.25, 0.3) is 0 Å². The molecule has 1 aliphatic rings. The van der Waals surface area contributed by atoms with Crippen molar-refractivity contribution in [1.82, 2.24) is 0 Å². The van der Waals surface area contributed by atoms with Crippen molar-refractivity contribution in [2.75, 3.05) is 0 Å². The topological polar surface area (TPSA) is 26.3 Å². The van der Waals surface area contributed by atoms with Gasteiger partial charge in [0.2, 0.25) is 0 Å². The molecule has 1 rings (SSSR count). The summed E-state index contributed by atoms with van der Waals surface area (Å²) in [5.41, 5.74) is -0.188. The molecule has 2 nitrogen and oxygen atoms in total. The molecular formula is C9H15O2. The Bertz CT molecular complexity index is 146. The van der Waals surface area contributed by atoms with E-state index < -0.39 is 0 Å². The number of carbonyl (C=O) groups is 1. The molecule has 0 aromatic heterocycles. The van der Waals surface area contributed by atoms with Gasteiger partial charge in [-0.3, -0.25) is 4.79 Å². The van der Waals surface area contributed by atoms with E-state index in [1.807, 2.05) is 6.92 Å². The van der Waals surface area contributed by atoms with Gasteiger partial charge < -0.3 is 4.74 Å². The Kier molecular flexibility index (Phi) is 2.53. The van der Waals surface area contributed by atoms with Crippen molar-refractivity contribution in [2.24, 2.45) is 5.41 Å². The molecule has 0 aromatic carbocycles. The van der Waals surface area contributed by atoms with Crippen LogP contribution >= 0.6 is 0 Å². The lowest BCUT2D eigenvalue weighted by Crippen LogP contribution is -2.25. The van der Waals surface area contributed by atoms with Crippen LogP contribution in [0.15, 0.2) is 0 Å². The van der Waals surface area contributed by atoms with E-state index in [0.717, 1.165) is 25.7 Å². The molecule has 0 amide bonds. The molecule has 0 heterocycles. The van der Waals surface area contributed by atoms with Crippen LogP contribution in [0.3, 0.4) is 0 Å². The van der Waals surface area contributed by atoms with Gasteiger partial charge in [-0.25, -0.2) is 0 Å². The standard InChI is InChI=1S/C9H15O2/c1-3-11-8(10)9(2)6-4-5-7-9/h3H,4-7H2,1-2H3. The fourth-order valence-corrected chi connectivity index (χ4v) is 1.61. The molecule has 1 aliphatic carbocycles. The van der Waals surface area contributed by atoms with Crippen molar-refractivity contribution in [2.45, 2.75) is 39.5 Å². The maximum atomic E-state index is 11.3. The summed E-state index contributed by atoms with van der Waals surface area (Å²) in [5, 5.41) is 0. The minimum Gasteiger partial charge on any atom is -0.458 e. The molecule has 63 valence electrons. The van der Waals surface area contributed by atoms with E-state index in [1.54, 1.807) is 6.92 Å². The predicted octanol–water partition coefficient (Wildman–Crippen LogP) is 2.29. The van der Waals surface area contributed by atoms with E-state index in [4.69, 9.17) is 4.74 Å². The van der Waals surface area contributed by atoms with Crippen LogP contribution in [0.2, 0.25) is 0 Å². The summed E-state index contributed by atoms with van der Waals surface area (Å²) >= 11 is 0. The maximum Gasteiger partial charge on any atom is 0.312 e. The van der Waals surface area contributed by atoms with Gasteiger partial charge in [0, 0.05) is 0 Å². The molecule has 0 N–H and O–H groups in total. The van der Waals surface area contributed by atoms with Crippen LogP contribution < -0.4 is 0 Å².